The van der Waals surface area contributed by atoms with Crippen LogP contribution in [0.2, 0.25) is 0 Å². The molecule has 0 aromatic rings. The maximum absolute atomic E-state index is 8.37. The first-order valence-electron chi connectivity index (χ1n) is 2.54. The van der Waals surface area contributed by atoms with E-state index < -0.39 is 5.92 Å². The van der Waals surface area contributed by atoms with Crippen molar-refractivity contribution in [2.75, 3.05) is 0 Å². The molecule has 0 aliphatic heterocycles. The highest BCUT2D eigenvalue weighted by Gasteiger charge is 2.14. The predicted octanol–water partition coefficient (Wildman–Crippen LogP) is -0.241. The van der Waals surface area contributed by atoms with E-state index in [2.05, 4.69) is 12.2 Å². The maximum Gasteiger partial charge on any atom is 0.111 e. The molecule has 50 valence electrons. The molecule has 3 nitrogen and oxygen atoms in total. The lowest BCUT2D eigenvalue weighted by Gasteiger charge is -2.09. The Morgan fingerprint density at radius 1 is 1.78 bits per heavy atom. The van der Waals surface area contributed by atoms with E-state index in [1.807, 2.05) is 6.07 Å². The van der Waals surface area contributed by atoms with E-state index >= 15 is 0 Å². The molecule has 0 spiro atoms. The molecule has 0 saturated carbocycles. The van der Waals surface area contributed by atoms with E-state index in [4.69, 9.17) is 16.7 Å². The molecular formula is C5H9N3S. The highest BCUT2D eigenvalue weighted by molar-refractivity contribution is 7.80. The van der Waals surface area contributed by atoms with Crippen LogP contribution in [0.25, 0.3) is 0 Å². The molecule has 0 saturated heterocycles. The average Bonchev–Trinajstić information content (AvgIpc) is 1.64. The number of nitriles is 1. The summed E-state index contributed by atoms with van der Waals surface area (Å²) in [5.41, 5.74) is 10.5. The molecule has 0 fully saturated rings. The van der Waals surface area contributed by atoms with Crippen LogP contribution in [-0.4, -0.2) is 11.0 Å². The minimum atomic E-state index is -0.486. The molecule has 0 aliphatic rings. The van der Waals surface area contributed by atoms with Crippen LogP contribution in [0, 0.1) is 17.2 Å². The summed E-state index contributed by atoms with van der Waals surface area (Å²) in [5, 5.41) is 8.37. The third-order valence-corrected chi connectivity index (χ3v) is 1.23. The Morgan fingerprint density at radius 3 is 2.22 bits per heavy atom. The number of hydrogen-bond acceptors (Lipinski definition) is 3. The molecule has 0 radical (unpaired) electrons. The number of nitrogens with zero attached hydrogens (tertiary/aromatic N) is 1. The van der Waals surface area contributed by atoms with Crippen LogP contribution < -0.4 is 11.5 Å². The second-order valence-electron chi connectivity index (χ2n) is 1.87. The lowest BCUT2D eigenvalue weighted by molar-refractivity contribution is 0.676. The molecule has 0 aliphatic carbocycles. The molecular weight excluding hydrogens is 134 g/mol. The third-order valence-electron chi connectivity index (χ3n) is 0.971. The van der Waals surface area contributed by atoms with Gasteiger partial charge < -0.3 is 11.5 Å². The topological polar surface area (TPSA) is 75.8 Å². The van der Waals surface area contributed by atoms with Gasteiger partial charge in [-0.3, -0.25) is 0 Å². The van der Waals surface area contributed by atoms with Crippen LogP contribution in [0.15, 0.2) is 0 Å². The minimum Gasteiger partial charge on any atom is -0.392 e. The third kappa shape index (κ3) is 2.40. The zero-order chi connectivity index (χ0) is 7.44. The Labute approximate surface area is 59.6 Å². The quantitative estimate of drug-likeness (QED) is 0.523. The molecule has 0 aromatic carbocycles. The van der Waals surface area contributed by atoms with Gasteiger partial charge in [0.2, 0.25) is 0 Å². The van der Waals surface area contributed by atoms with Crippen molar-refractivity contribution >= 4 is 17.2 Å². The van der Waals surface area contributed by atoms with Crippen LogP contribution in [0.1, 0.15) is 6.92 Å². The Hall–Kier alpha value is -0.660. The summed E-state index contributed by atoms with van der Waals surface area (Å²) < 4.78 is 0. The number of hydrogen-bond donors (Lipinski definition) is 2. The zero-order valence-electron chi connectivity index (χ0n) is 5.16. The zero-order valence-corrected chi connectivity index (χ0v) is 5.98. The van der Waals surface area contributed by atoms with Crippen LogP contribution in [-0.2, 0) is 0 Å². The maximum atomic E-state index is 8.37. The summed E-state index contributed by atoms with van der Waals surface area (Å²) >= 11 is 4.57. The van der Waals surface area contributed by atoms with Gasteiger partial charge in [-0.1, -0.05) is 12.2 Å². The number of nitrogens with two attached hydrogens (primary N) is 2. The molecule has 0 rings (SSSR count). The Bertz CT molecular complexity index is 147. The van der Waals surface area contributed by atoms with Crippen LogP contribution >= 0.6 is 12.2 Å². The fourth-order valence-corrected chi connectivity index (χ4v) is 0.708. The second kappa shape index (κ2) is 3.38. The molecule has 0 aromatic heterocycles. The van der Waals surface area contributed by atoms with Gasteiger partial charge in [0.25, 0.3) is 0 Å². The Morgan fingerprint density at radius 2 is 2.22 bits per heavy atom. The first-order valence-corrected chi connectivity index (χ1v) is 2.95. The number of thiocarbonyl (C=S) groups is 1. The molecule has 9 heavy (non-hydrogen) atoms. The van der Waals surface area contributed by atoms with Crippen molar-refractivity contribution in [2.45, 2.75) is 13.0 Å². The van der Waals surface area contributed by atoms with Gasteiger partial charge >= 0.3 is 0 Å². The molecule has 0 unspecified atom stereocenters. The van der Waals surface area contributed by atoms with Gasteiger partial charge in [0, 0.05) is 6.04 Å². The molecule has 0 heterocycles. The van der Waals surface area contributed by atoms with E-state index in [0.29, 0.717) is 0 Å². The highest BCUT2D eigenvalue weighted by atomic mass is 32.1. The summed E-state index contributed by atoms with van der Waals surface area (Å²) in [6, 6.07) is 1.64. The minimum absolute atomic E-state index is 0.174. The fourth-order valence-electron chi connectivity index (χ4n) is 0.440. The van der Waals surface area contributed by atoms with Crippen molar-refractivity contribution in [3.63, 3.8) is 0 Å². The van der Waals surface area contributed by atoms with Gasteiger partial charge in [0.05, 0.1) is 11.1 Å². The van der Waals surface area contributed by atoms with Crippen molar-refractivity contribution in [2.24, 2.45) is 17.4 Å². The van der Waals surface area contributed by atoms with Crippen LogP contribution in [0.3, 0.4) is 0 Å². The SMILES string of the molecule is C[C@@H](N)[C@H](C#N)C(N)=S. The average molecular weight is 143 g/mol. The Kier molecular flexibility index (Phi) is 3.13. The summed E-state index contributed by atoms with van der Waals surface area (Å²) in [5.74, 6) is -0.486. The van der Waals surface area contributed by atoms with Crippen molar-refractivity contribution in [3.8, 4) is 6.07 Å². The monoisotopic (exact) mass is 143 g/mol. The van der Waals surface area contributed by atoms with Crippen molar-refractivity contribution < 1.29 is 0 Å². The van der Waals surface area contributed by atoms with Gasteiger partial charge in [0.15, 0.2) is 0 Å². The summed E-state index contributed by atoms with van der Waals surface area (Å²) in [7, 11) is 0. The smallest absolute Gasteiger partial charge is 0.111 e. The van der Waals surface area contributed by atoms with Gasteiger partial charge in [0.1, 0.15) is 5.92 Å². The molecule has 0 amide bonds. The molecule has 0 bridgehead atoms. The van der Waals surface area contributed by atoms with E-state index in [9.17, 15) is 0 Å². The standard InChI is InChI=1S/C5H9N3S/c1-3(7)4(2-6)5(8)9/h3-4H,7H2,1H3,(H2,8,9)/t3-,4+/m1/s1. The van der Waals surface area contributed by atoms with Gasteiger partial charge in [-0.15, -0.1) is 0 Å². The second-order valence-corrected chi connectivity index (χ2v) is 2.34. The molecule has 2 atom stereocenters. The van der Waals surface area contributed by atoms with Crippen molar-refractivity contribution in [1.29, 1.82) is 5.26 Å². The largest absolute Gasteiger partial charge is 0.392 e. The van der Waals surface area contributed by atoms with E-state index in [1.54, 1.807) is 6.92 Å². The summed E-state index contributed by atoms with van der Waals surface area (Å²) in [6.07, 6.45) is 0. The van der Waals surface area contributed by atoms with Gasteiger partial charge in [-0.25, -0.2) is 0 Å². The van der Waals surface area contributed by atoms with E-state index in [-0.39, 0.29) is 11.0 Å². The van der Waals surface area contributed by atoms with Crippen LogP contribution in [0.4, 0.5) is 0 Å². The lowest BCUT2D eigenvalue weighted by atomic mass is 10.1. The summed E-state index contributed by atoms with van der Waals surface area (Å²) in [6.45, 7) is 1.70. The predicted molar refractivity (Wildman–Crippen MR) is 39.5 cm³/mol. The highest BCUT2D eigenvalue weighted by Crippen LogP contribution is 1.98. The Balaban J connectivity index is 4.04. The van der Waals surface area contributed by atoms with Crippen molar-refractivity contribution in [1.82, 2.24) is 0 Å². The summed E-state index contributed by atoms with van der Waals surface area (Å²) in [4.78, 5) is 0.174. The van der Waals surface area contributed by atoms with Crippen LogP contribution in [0.5, 0.6) is 0 Å². The molecule has 4 N–H and O–H groups in total. The number of rotatable bonds is 2. The fraction of sp³-hybridized carbons (Fsp3) is 0.600. The van der Waals surface area contributed by atoms with E-state index in [1.165, 1.54) is 0 Å². The van der Waals surface area contributed by atoms with Gasteiger partial charge in [-0.05, 0) is 6.92 Å². The van der Waals surface area contributed by atoms with E-state index in [0.717, 1.165) is 0 Å². The molecule has 4 heteroatoms. The first-order chi connectivity index (χ1) is 4.09. The first kappa shape index (κ1) is 8.34. The van der Waals surface area contributed by atoms with Crippen molar-refractivity contribution in [3.05, 3.63) is 0 Å². The van der Waals surface area contributed by atoms with Gasteiger partial charge in [-0.2, -0.15) is 5.26 Å². The normalized spacial score (nSPS) is 15.7. The lowest BCUT2D eigenvalue weighted by Crippen LogP contribution is -2.34.